The van der Waals surface area contributed by atoms with Gasteiger partial charge in [-0.2, -0.15) is 8.78 Å². The molecule has 1 heterocycles. The van der Waals surface area contributed by atoms with Crippen molar-refractivity contribution < 1.29 is 18.3 Å². The minimum Gasteiger partial charge on any atom is -0.435 e. The van der Waals surface area contributed by atoms with Crippen LogP contribution in [0.4, 0.5) is 13.9 Å². The first-order valence-electron chi connectivity index (χ1n) is 6.46. The highest BCUT2D eigenvalue weighted by atomic mass is 35.5. The van der Waals surface area contributed by atoms with Gasteiger partial charge < -0.3 is 15.8 Å². The lowest BCUT2D eigenvalue weighted by Gasteiger charge is -2.05. The highest BCUT2D eigenvalue weighted by molar-refractivity contribution is 7.16. The monoisotopic (exact) mass is 363 g/mol. The van der Waals surface area contributed by atoms with Gasteiger partial charge in [-0.15, -0.1) is 23.7 Å². The van der Waals surface area contributed by atoms with Crippen molar-refractivity contribution in [2.45, 2.75) is 26.5 Å². The van der Waals surface area contributed by atoms with E-state index in [9.17, 15) is 13.6 Å². The molecule has 0 aliphatic heterocycles. The van der Waals surface area contributed by atoms with Crippen LogP contribution in [-0.4, -0.2) is 23.5 Å². The molecular weight excluding hydrogens is 348 g/mol. The van der Waals surface area contributed by atoms with E-state index in [2.05, 4.69) is 15.0 Å². The number of alkyl halides is 2. The molecule has 5 nitrogen and oxygen atoms in total. The van der Waals surface area contributed by atoms with Crippen molar-refractivity contribution in [3.63, 3.8) is 0 Å². The Labute approximate surface area is 142 Å². The van der Waals surface area contributed by atoms with Gasteiger partial charge in [-0.1, -0.05) is 0 Å². The normalized spacial score (nSPS) is 11.7. The standard InChI is InChI=1S/C14H15F2N3O2S.ClH/c1-7(17)12(20)19-14-18-11(8(2)22-14)9-3-5-10(6-4-9)21-13(15)16;/h3-7,13H,17H2,1-2H3,(H,18,19,20);1H. The summed E-state index contributed by atoms with van der Waals surface area (Å²) in [5, 5.41) is 3.08. The number of amides is 1. The van der Waals surface area contributed by atoms with E-state index in [1.807, 2.05) is 6.92 Å². The van der Waals surface area contributed by atoms with E-state index in [1.165, 1.54) is 23.5 Å². The predicted molar refractivity (Wildman–Crippen MR) is 88.4 cm³/mol. The fraction of sp³-hybridized carbons (Fsp3) is 0.286. The van der Waals surface area contributed by atoms with Gasteiger partial charge in [0.1, 0.15) is 5.75 Å². The summed E-state index contributed by atoms with van der Waals surface area (Å²) in [6, 6.07) is 5.54. The molecule has 1 atom stereocenters. The fourth-order valence-electron chi connectivity index (χ4n) is 1.73. The van der Waals surface area contributed by atoms with Crippen LogP contribution >= 0.6 is 23.7 Å². The van der Waals surface area contributed by atoms with Crippen molar-refractivity contribution in [3.05, 3.63) is 29.1 Å². The molecule has 126 valence electrons. The lowest BCUT2D eigenvalue weighted by molar-refractivity contribution is -0.117. The third kappa shape index (κ3) is 5.12. The van der Waals surface area contributed by atoms with Crippen LogP contribution < -0.4 is 15.8 Å². The molecule has 1 amide bonds. The average molecular weight is 364 g/mol. The quantitative estimate of drug-likeness (QED) is 0.853. The van der Waals surface area contributed by atoms with Gasteiger partial charge in [0.05, 0.1) is 11.7 Å². The van der Waals surface area contributed by atoms with Crippen molar-refractivity contribution in [1.82, 2.24) is 4.98 Å². The van der Waals surface area contributed by atoms with Gasteiger partial charge in [0.25, 0.3) is 0 Å². The zero-order valence-electron chi connectivity index (χ0n) is 12.4. The first kappa shape index (κ1) is 19.3. The minimum atomic E-state index is -2.85. The summed E-state index contributed by atoms with van der Waals surface area (Å²) in [4.78, 5) is 16.8. The van der Waals surface area contributed by atoms with Crippen LogP contribution in [-0.2, 0) is 4.79 Å². The molecular formula is C14H16ClF2N3O2S. The Kier molecular flexibility index (Phi) is 6.86. The molecule has 0 fully saturated rings. The third-order valence-electron chi connectivity index (χ3n) is 2.79. The smallest absolute Gasteiger partial charge is 0.387 e. The summed E-state index contributed by atoms with van der Waals surface area (Å²) in [6.07, 6.45) is 0. The SMILES string of the molecule is Cc1sc(NC(=O)C(C)N)nc1-c1ccc(OC(F)F)cc1.Cl. The molecule has 1 aromatic heterocycles. The summed E-state index contributed by atoms with van der Waals surface area (Å²) < 4.78 is 28.5. The third-order valence-corrected chi connectivity index (χ3v) is 3.68. The van der Waals surface area contributed by atoms with Crippen LogP contribution in [0.5, 0.6) is 5.75 Å². The molecule has 1 unspecified atom stereocenters. The molecule has 1 aromatic carbocycles. The maximum Gasteiger partial charge on any atom is 0.387 e. The first-order valence-corrected chi connectivity index (χ1v) is 7.27. The van der Waals surface area contributed by atoms with E-state index in [-0.39, 0.29) is 24.1 Å². The van der Waals surface area contributed by atoms with Crippen molar-refractivity contribution in [3.8, 4) is 17.0 Å². The fourth-order valence-corrected chi connectivity index (χ4v) is 2.57. The van der Waals surface area contributed by atoms with Crippen molar-refractivity contribution in [2.75, 3.05) is 5.32 Å². The van der Waals surface area contributed by atoms with E-state index in [1.54, 1.807) is 19.1 Å². The van der Waals surface area contributed by atoms with E-state index in [0.29, 0.717) is 10.8 Å². The highest BCUT2D eigenvalue weighted by Gasteiger charge is 2.14. The zero-order chi connectivity index (χ0) is 16.3. The number of nitrogens with zero attached hydrogens (tertiary/aromatic N) is 1. The van der Waals surface area contributed by atoms with Gasteiger partial charge in [-0.3, -0.25) is 4.79 Å². The van der Waals surface area contributed by atoms with E-state index in [0.717, 1.165) is 10.4 Å². The number of rotatable bonds is 5. The Morgan fingerprint density at radius 1 is 1.35 bits per heavy atom. The van der Waals surface area contributed by atoms with Gasteiger partial charge in [0, 0.05) is 10.4 Å². The summed E-state index contributed by atoms with van der Waals surface area (Å²) in [5.74, 6) is -0.238. The Balaban J connectivity index is 0.00000264. The van der Waals surface area contributed by atoms with E-state index < -0.39 is 12.7 Å². The molecule has 3 N–H and O–H groups in total. The zero-order valence-corrected chi connectivity index (χ0v) is 14.0. The van der Waals surface area contributed by atoms with Crippen LogP contribution in [0.3, 0.4) is 0 Å². The maximum absolute atomic E-state index is 12.1. The molecule has 0 saturated heterocycles. The lowest BCUT2D eigenvalue weighted by Crippen LogP contribution is -2.32. The Morgan fingerprint density at radius 3 is 2.48 bits per heavy atom. The number of nitrogens with one attached hydrogen (secondary N) is 1. The second kappa shape index (κ2) is 8.19. The number of ether oxygens (including phenoxy) is 1. The number of thiazole rings is 1. The second-order valence-electron chi connectivity index (χ2n) is 4.60. The van der Waals surface area contributed by atoms with Gasteiger partial charge in [0.15, 0.2) is 5.13 Å². The molecule has 0 spiro atoms. The molecule has 2 rings (SSSR count). The number of carbonyl (C=O) groups is 1. The lowest BCUT2D eigenvalue weighted by atomic mass is 10.1. The number of anilines is 1. The topological polar surface area (TPSA) is 77.2 Å². The summed E-state index contributed by atoms with van der Waals surface area (Å²) in [6.45, 7) is 0.586. The van der Waals surface area contributed by atoms with Crippen LogP contribution in [0.15, 0.2) is 24.3 Å². The van der Waals surface area contributed by atoms with Crippen LogP contribution in [0, 0.1) is 6.92 Å². The molecule has 0 radical (unpaired) electrons. The van der Waals surface area contributed by atoms with Crippen LogP contribution in [0.2, 0.25) is 0 Å². The van der Waals surface area contributed by atoms with Crippen molar-refractivity contribution in [2.24, 2.45) is 5.73 Å². The average Bonchev–Trinajstić information content (AvgIpc) is 2.79. The largest absolute Gasteiger partial charge is 0.435 e. The molecule has 0 bridgehead atoms. The molecule has 0 aliphatic carbocycles. The number of nitrogens with two attached hydrogens (primary N) is 1. The van der Waals surface area contributed by atoms with Gasteiger partial charge in [-0.25, -0.2) is 4.98 Å². The van der Waals surface area contributed by atoms with Crippen molar-refractivity contribution in [1.29, 1.82) is 0 Å². The number of halogens is 3. The number of carbonyl (C=O) groups excluding carboxylic acids is 1. The van der Waals surface area contributed by atoms with Crippen LogP contribution in [0.1, 0.15) is 11.8 Å². The highest BCUT2D eigenvalue weighted by Crippen LogP contribution is 2.31. The van der Waals surface area contributed by atoms with Crippen molar-refractivity contribution >= 4 is 34.8 Å². The number of hydrogen-bond donors (Lipinski definition) is 2. The van der Waals surface area contributed by atoms with Gasteiger partial charge in [-0.05, 0) is 38.1 Å². The summed E-state index contributed by atoms with van der Waals surface area (Å²) in [7, 11) is 0. The Hall–Kier alpha value is -1.77. The molecule has 9 heteroatoms. The molecule has 23 heavy (non-hydrogen) atoms. The minimum absolute atomic E-state index is 0. The Morgan fingerprint density at radius 2 is 1.96 bits per heavy atom. The van der Waals surface area contributed by atoms with Gasteiger partial charge >= 0.3 is 6.61 Å². The molecule has 0 saturated carbocycles. The predicted octanol–water partition coefficient (Wildman–Crippen LogP) is 3.43. The maximum atomic E-state index is 12.1. The number of benzene rings is 1. The van der Waals surface area contributed by atoms with Gasteiger partial charge in [0.2, 0.25) is 5.91 Å². The van der Waals surface area contributed by atoms with E-state index in [4.69, 9.17) is 5.73 Å². The number of aryl methyl sites for hydroxylation is 1. The Bertz CT molecular complexity index is 663. The molecule has 0 aliphatic rings. The number of hydrogen-bond acceptors (Lipinski definition) is 5. The molecule has 2 aromatic rings. The van der Waals surface area contributed by atoms with E-state index >= 15 is 0 Å². The number of aromatic nitrogens is 1. The van der Waals surface area contributed by atoms with Crippen LogP contribution in [0.25, 0.3) is 11.3 Å². The second-order valence-corrected chi connectivity index (χ2v) is 5.81. The summed E-state index contributed by atoms with van der Waals surface area (Å²) >= 11 is 1.32. The first-order chi connectivity index (χ1) is 10.4. The summed E-state index contributed by atoms with van der Waals surface area (Å²) in [5.41, 5.74) is 6.91.